The van der Waals surface area contributed by atoms with Crippen LogP contribution in [0.2, 0.25) is 5.02 Å². The minimum absolute atomic E-state index is 0.0300. The number of aliphatic carboxylic acids is 1. The van der Waals surface area contributed by atoms with E-state index in [9.17, 15) is 29.4 Å². The number of aromatic nitrogens is 1. The molecule has 8 nitrogen and oxygen atoms in total. The van der Waals surface area contributed by atoms with Gasteiger partial charge in [0.05, 0.1) is 12.1 Å². The molecule has 182 valence electrons. The van der Waals surface area contributed by atoms with Crippen molar-refractivity contribution in [3.63, 3.8) is 0 Å². The third-order valence-corrected chi connectivity index (χ3v) is 6.18. The van der Waals surface area contributed by atoms with E-state index in [0.717, 1.165) is 11.6 Å². The van der Waals surface area contributed by atoms with Crippen LogP contribution in [0.4, 0.5) is 0 Å². The van der Waals surface area contributed by atoms with Gasteiger partial charge in [0.1, 0.15) is 0 Å². The number of carbonyl (C=O) groups is 3. The van der Waals surface area contributed by atoms with Crippen molar-refractivity contribution in [2.75, 3.05) is 0 Å². The number of fused-ring (bicyclic) bond motifs is 1. The van der Waals surface area contributed by atoms with Crippen molar-refractivity contribution in [2.24, 2.45) is 7.05 Å². The summed E-state index contributed by atoms with van der Waals surface area (Å²) in [5.41, 5.74) is 1.52. The lowest BCUT2D eigenvalue weighted by Crippen LogP contribution is -2.35. The average Bonchev–Trinajstić information content (AvgIpc) is 2.85. The molecule has 1 amide bonds. The molecule has 0 bridgehead atoms. The van der Waals surface area contributed by atoms with E-state index in [1.807, 2.05) is 30.3 Å². The minimum Gasteiger partial charge on any atom is -0.480 e. The Morgan fingerprint density at radius 3 is 2.33 bits per heavy atom. The van der Waals surface area contributed by atoms with Gasteiger partial charge in [0, 0.05) is 28.7 Å². The van der Waals surface area contributed by atoms with Crippen LogP contribution in [0.3, 0.4) is 0 Å². The van der Waals surface area contributed by atoms with Crippen molar-refractivity contribution in [2.45, 2.75) is 12.5 Å². The van der Waals surface area contributed by atoms with E-state index in [2.05, 4.69) is 5.32 Å². The molecule has 0 spiro atoms. The molecule has 3 aromatic carbocycles. The van der Waals surface area contributed by atoms with Gasteiger partial charge in [-0.25, -0.2) is 4.79 Å². The molecular formula is C27H21ClN2O6. The molecule has 1 unspecified atom stereocenters. The molecule has 4 rings (SSSR count). The lowest BCUT2D eigenvalue weighted by Gasteiger charge is -2.20. The van der Waals surface area contributed by atoms with Gasteiger partial charge in [-0.1, -0.05) is 54.1 Å². The number of rotatable bonds is 7. The molecule has 0 fully saturated rings. The lowest BCUT2D eigenvalue weighted by atomic mass is 9.95. The summed E-state index contributed by atoms with van der Waals surface area (Å²) in [7, 11) is 1.58. The fourth-order valence-corrected chi connectivity index (χ4v) is 4.37. The Hall–Kier alpha value is -4.43. The summed E-state index contributed by atoms with van der Waals surface area (Å²) in [6.07, 6.45) is 0. The van der Waals surface area contributed by atoms with E-state index < -0.39 is 23.8 Å². The normalized spacial score (nSPS) is 11.7. The first-order valence-corrected chi connectivity index (χ1v) is 11.3. The molecule has 0 aliphatic rings. The van der Waals surface area contributed by atoms with Gasteiger partial charge in [0.15, 0.2) is 5.92 Å². The molecule has 36 heavy (non-hydrogen) atoms. The molecular weight excluding hydrogens is 484 g/mol. The van der Waals surface area contributed by atoms with E-state index in [4.69, 9.17) is 11.6 Å². The number of nitrogens with one attached hydrogen (secondary N) is 1. The van der Waals surface area contributed by atoms with Crippen LogP contribution in [0.1, 0.15) is 27.5 Å². The van der Waals surface area contributed by atoms with Gasteiger partial charge in [-0.15, -0.1) is 0 Å². The second kappa shape index (κ2) is 10.1. The van der Waals surface area contributed by atoms with Crippen molar-refractivity contribution in [3.05, 3.63) is 105 Å². The topological polar surface area (TPSA) is 126 Å². The molecule has 1 heterocycles. The third-order valence-electron chi connectivity index (χ3n) is 5.95. The number of hydrogen-bond acceptors (Lipinski definition) is 4. The van der Waals surface area contributed by atoms with Crippen LogP contribution in [0.25, 0.3) is 21.9 Å². The highest BCUT2D eigenvalue weighted by atomic mass is 35.5. The number of nitrogens with zero attached hydrogens (tertiary/aromatic N) is 1. The first kappa shape index (κ1) is 24.7. The zero-order valence-corrected chi connectivity index (χ0v) is 19.8. The highest BCUT2D eigenvalue weighted by Gasteiger charge is 2.29. The number of hydrogen-bond donors (Lipinski definition) is 3. The predicted octanol–water partition coefficient (Wildman–Crippen LogP) is 4.04. The summed E-state index contributed by atoms with van der Waals surface area (Å²) in [6.45, 7) is -0.153. The molecule has 0 aliphatic carbocycles. The Labute approximate surface area is 210 Å². The first-order valence-electron chi connectivity index (χ1n) is 10.9. The van der Waals surface area contributed by atoms with Crippen LogP contribution in [0.15, 0.2) is 77.6 Å². The van der Waals surface area contributed by atoms with Crippen LogP contribution in [-0.4, -0.2) is 32.6 Å². The Kier molecular flexibility index (Phi) is 6.89. The van der Waals surface area contributed by atoms with E-state index in [1.165, 1.54) is 22.8 Å². The molecule has 3 N–H and O–H groups in total. The van der Waals surface area contributed by atoms with Crippen molar-refractivity contribution in [3.8, 4) is 11.1 Å². The number of amides is 1. The molecule has 1 aromatic heterocycles. The standard InChI is InChI=1S/C27H21ClN2O6/c1-30-21(14-29-24(31)23(27(35)36)16-8-5-9-17(12-16)26(33)34)22(15-6-3-2-4-7-15)20-13-18(28)10-11-19(20)25(30)32/h2-13,23H,14H2,1H3,(H,29,31)(H,33,34)(H,35,36). The average molecular weight is 505 g/mol. The number of carboxylic acids is 2. The zero-order chi connectivity index (χ0) is 26.0. The minimum atomic E-state index is -1.64. The summed E-state index contributed by atoms with van der Waals surface area (Å²) in [4.78, 5) is 49.5. The van der Waals surface area contributed by atoms with E-state index in [0.29, 0.717) is 27.1 Å². The quantitative estimate of drug-likeness (QED) is 0.326. The van der Waals surface area contributed by atoms with Crippen LogP contribution in [0, 0.1) is 0 Å². The molecule has 9 heteroatoms. The number of halogens is 1. The second-order valence-corrected chi connectivity index (χ2v) is 8.60. The van der Waals surface area contributed by atoms with Crippen LogP contribution in [-0.2, 0) is 23.2 Å². The summed E-state index contributed by atoms with van der Waals surface area (Å²) < 4.78 is 1.42. The maximum Gasteiger partial charge on any atom is 0.335 e. The van der Waals surface area contributed by atoms with E-state index in [1.54, 1.807) is 25.2 Å². The molecule has 0 aliphatic heterocycles. The van der Waals surface area contributed by atoms with Gasteiger partial charge in [0.25, 0.3) is 5.56 Å². The third kappa shape index (κ3) is 4.71. The number of benzene rings is 3. The molecule has 0 saturated carbocycles. The van der Waals surface area contributed by atoms with Gasteiger partial charge in [0.2, 0.25) is 5.91 Å². The number of carboxylic acid groups (broad SMARTS) is 2. The molecule has 4 aromatic rings. The highest BCUT2D eigenvalue weighted by Crippen LogP contribution is 2.32. The fourth-order valence-electron chi connectivity index (χ4n) is 4.20. The van der Waals surface area contributed by atoms with Crippen LogP contribution < -0.4 is 10.9 Å². The van der Waals surface area contributed by atoms with Crippen molar-refractivity contribution in [1.29, 1.82) is 0 Å². The molecule has 1 atom stereocenters. The van der Waals surface area contributed by atoms with Gasteiger partial charge >= 0.3 is 11.9 Å². The van der Waals surface area contributed by atoms with Gasteiger partial charge < -0.3 is 20.1 Å². The number of carbonyl (C=O) groups excluding carboxylic acids is 1. The fraction of sp³-hybridized carbons (Fsp3) is 0.111. The summed E-state index contributed by atoms with van der Waals surface area (Å²) in [5.74, 6) is -5.16. The largest absolute Gasteiger partial charge is 0.480 e. The zero-order valence-electron chi connectivity index (χ0n) is 19.1. The maximum atomic E-state index is 13.1. The summed E-state index contributed by atoms with van der Waals surface area (Å²) in [5, 5.41) is 23.1. The first-order chi connectivity index (χ1) is 17.2. The van der Waals surface area contributed by atoms with Crippen molar-refractivity contribution in [1.82, 2.24) is 9.88 Å². The Morgan fingerprint density at radius 1 is 0.944 bits per heavy atom. The lowest BCUT2D eigenvalue weighted by molar-refractivity contribution is -0.143. The Balaban J connectivity index is 1.78. The number of aromatic carboxylic acids is 1. The van der Waals surface area contributed by atoms with E-state index >= 15 is 0 Å². The van der Waals surface area contributed by atoms with Gasteiger partial charge in [-0.3, -0.25) is 14.4 Å². The van der Waals surface area contributed by atoms with Crippen LogP contribution >= 0.6 is 11.6 Å². The van der Waals surface area contributed by atoms with Crippen molar-refractivity contribution >= 4 is 40.2 Å². The Morgan fingerprint density at radius 2 is 1.67 bits per heavy atom. The predicted molar refractivity (Wildman–Crippen MR) is 135 cm³/mol. The number of pyridine rings is 1. The van der Waals surface area contributed by atoms with Crippen LogP contribution in [0.5, 0.6) is 0 Å². The Bertz CT molecular complexity index is 1560. The highest BCUT2D eigenvalue weighted by molar-refractivity contribution is 6.31. The summed E-state index contributed by atoms with van der Waals surface area (Å²) >= 11 is 6.24. The SMILES string of the molecule is Cn1c(CNC(=O)C(C(=O)O)c2cccc(C(=O)O)c2)c(-c2ccccc2)c2cc(Cl)ccc2c1=O. The monoisotopic (exact) mass is 504 g/mol. The second-order valence-electron chi connectivity index (χ2n) is 8.16. The van der Waals surface area contributed by atoms with E-state index in [-0.39, 0.29) is 23.2 Å². The maximum absolute atomic E-state index is 13.1. The molecule has 0 radical (unpaired) electrons. The smallest absolute Gasteiger partial charge is 0.335 e. The van der Waals surface area contributed by atoms with Crippen molar-refractivity contribution < 1.29 is 24.6 Å². The molecule has 0 saturated heterocycles. The van der Waals surface area contributed by atoms with Gasteiger partial charge in [-0.05, 0) is 46.8 Å². The summed E-state index contributed by atoms with van der Waals surface area (Å²) in [6, 6.07) is 19.5. The van der Waals surface area contributed by atoms with Gasteiger partial charge in [-0.2, -0.15) is 0 Å².